The Hall–Kier alpha value is -3.26. The Labute approximate surface area is 170 Å². The van der Waals surface area contributed by atoms with Gasteiger partial charge in [0.25, 0.3) is 0 Å². The average molecular weight is 418 g/mol. The van der Waals surface area contributed by atoms with Crippen LogP contribution in [0, 0.1) is 5.82 Å². The van der Waals surface area contributed by atoms with Gasteiger partial charge in [-0.15, -0.1) is 0 Å². The van der Waals surface area contributed by atoms with Crippen LogP contribution < -0.4 is 14.8 Å². The molecule has 0 saturated carbocycles. The summed E-state index contributed by atoms with van der Waals surface area (Å²) in [5.41, 5.74) is 1.89. The number of anilines is 1. The number of phenolic OH excluding ortho intramolecular Hbond substituents is 1. The first kappa shape index (κ1) is 19.1. The fourth-order valence-corrected chi connectivity index (χ4v) is 3.60. The molecule has 2 heterocycles. The van der Waals surface area contributed by atoms with Crippen LogP contribution in [0.4, 0.5) is 10.2 Å². The van der Waals surface area contributed by atoms with Crippen molar-refractivity contribution in [2.45, 2.75) is 12.3 Å². The summed E-state index contributed by atoms with van der Waals surface area (Å²) < 4.78 is 25.6. The zero-order valence-electron chi connectivity index (χ0n) is 15.6. The summed E-state index contributed by atoms with van der Waals surface area (Å²) in [5, 5.41) is 13.0. The van der Waals surface area contributed by atoms with E-state index in [-0.39, 0.29) is 40.5 Å². The number of ether oxygens (including phenoxy) is 2. The van der Waals surface area contributed by atoms with Gasteiger partial charge < -0.3 is 19.9 Å². The second-order valence-electron chi connectivity index (χ2n) is 6.53. The number of hydrogen-bond acceptors (Lipinski definition) is 5. The fourth-order valence-electron chi connectivity index (χ4n) is 3.43. The number of aromatic nitrogens is 2. The molecule has 7 nitrogen and oxygen atoms in total. The summed E-state index contributed by atoms with van der Waals surface area (Å²) in [5.74, 6) is -0.309. The maximum Gasteiger partial charge on any atom is 0.226 e. The Morgan fingerprint density at radius 1 is 1.24 bits per heavy atom. The number of amides is 1. The Balaban J connectivity index is 1.83. The van der Waals surface area contributed by atoms with E-state index in [1.54, 1.807) is 29.1 Å². The molecule has 150 valence electrons. The van der Waals surface area contributed by atoms with Crippen molar-refractivity contribution in [2.24, 2.45) is 0 Å². The van der Waals surface area contributed by atoms with E-state index >= 15 is 0 Å². The van der Waals surface area contributed by atoms with Crippen molar-refractivity contribution >= 4 is 23.3 Å². The summed E-state index contributed by atoms with van der Waals surface area (Å²) in [7, 11) is 2.87. The number of carbonyl (C=O) groups is 1. The molecule has 29 heavy (non-hydrogen) atoms. The van der Waals surface area contributed by atoms with Gasteiger partial charge in [0.2, 0.25) is 11.7 Å². The molecule has 9 heteroatoms. The van der Waals surface area contributed by atoms with Crippen molar-refractivity contribution < 1.29 is 23.8 Å². The van der Waals surface area contributed by atoms with Gasteiger partial charge in [0.1, 0.15) is 18.0 Å². The van der Waals surface area contributed by atoms with Gasteiger partial charge in [0, 0.05) is 12.3 Å². The van der Waals surface area contributed by atoms with Crippen LogP contribution >= 0.6 is 11.6 Å². The summed E-state index contributed by atoms with van der Waals surface area (Å²) in [6, 6.07) is 7.56. The van der Waals surface area contributed by atoms with Gasteiger partial charge >= 0.3 is 0 Å². The Morgan fingerprint density at radius 3 is 2.55 bits per heavy atom. The summed E-state index contributed by atoms with van der Waals surface area (Å²) in [6.45, 7) is 0. The minimum absolute atomic E-state index is 0.0309. The standard InChI is InChI=1S/C20H17ClFN3O4/c1-28-15-5-10(6-16(29-2)19(15)27)12-8-17(26)24-20-18(12)23-9-25(20)11-3-4-14(22)13(21)7-11/h3-7,9,12,27H,8H2,1-2H3,(H,24,26)/t12-/m0/s1. The minimum Gasteiger partial charge on any atom is -0.502 e. The molecule has 1 aliphatic heterocycles. The first-order chi connectivity index (χ1) is 13.9. The highest BCUT2D eigenvalue weighted by molar-refractivity contribution is 6.30. The molecule has 1 aromatic heterocycles. The SMILES string of the molecule is COc1cc([C@@H]2CC(=O)Nc3c2ncn3-c2ccc(F)c(Cl)c2)cc(OC)c1O. The molecule has 1 amide bonds. The van der Waals surface area contributed by atoms with Gasteiger partial charge in [-0.2, -0.15) is 0 Å². The lowest BCUT2D eigenvalue weighted by molar-refractivity contribution is -0.116. The first-order valence-electron chi connectivity index (χ1n) is 8.70. The van der Waals surface area contributed by atoms with E-state index in [0.717, 1.165) is 0 Å². The van der Waals surface area contributed by atoms with Crippen LogP contribution in [-0.2, 0) is 4.79 Å². The summed E-state index contributed by atoms with van der Waals surface area (Å²) in [4.78, 5) is 16.9. The average Bonchev–Trinajstić information content (AvgIpc) is 3.13. The van der Waals surface area contributed by atoms with Crippen molar-refractivity contribution in [3.05, 3.63) is 58.8 Å². The maximum absolute atomic E-state index is 13.5. The molecule has 3 aromatic rings. The third kappa shape index (κ3) is 3.25. The summed E-state index contributed by atoms with van der Waals surface area (Å²) >= 11 is 5.90. The number of rotatable bonds is 4. The van der Waals surface area contributed by atoms with Crippen LogP contribution in [-0.4, -0.2) is 34.8 Å². The van der Waals surface area contributed by atoms with E-state index < -0.39 is 5.82 Å². The molecule has 0 saturated heterocycles. The Bertz CT molecular complexity index is 1090. The largest absolute Gasteiger partial charge is 0.502 e. The molecule has 2 N–H and O–H groups in total. The third-order valence-electron chi connectivity index (χ3n) is 4.86. The molecule has 0 aliphatic carbocycles. The van der Waals surface area contributed by atoms with E-state index in [1.165, 1.54) is 26.4 Å². The highest BCUT2D eigenvalue weighted by Gasteiger charge is 2.32. The van der Waals surface area contributed by atoms with Crippen LogP contribution in [0.5, 0.6) is 17.2 Å². The predicted molar refractivity (Wildman–Crippen MR) is 105 cm³/mol. The van der Waals surface area contributed by atoms with Gasteiger partial charge in [-0.3, -0.25) is 9.36 Å². The number of carbonyl (C=O) groups excluding carboxylic acids is 1. The molecule has 0 spiro atoms. The summed E-state index contributed by atoms with van der Waals surface area (Å²) in [6.07, 6.45) is 1.70. The third-order valence-corrected chi connectivity index (χ3v) is 5.15. The van der Waals surface area contributed by atoms with Crippen molar-refractivity contribution in [1.29, 1.82) is 0 Å². The van der Waals surface area contributed by atoms with Gasteiger partial charge in [-0.05, 0) is 35.9 Å². The number of phenols is 1. The molecule has 1 aliphatic rings. The van der Waals surface area contributed by atoms with E-state index in [1.807, 2.05) is 0 Å². The maximum atomic E-state index is 13.5. The van der Waals surface area contributed by atoms with Crippen LogP contribution in [0.15, 0.2) is 36.7 Å². The molecular formula is C20H17ClFN3O4. The Morgan fingerprint density at radius 2 is 1.93 bits per heavy atom. The van der Waals surface area contributed by atoms with Gasteiger partial charge in [-0.25, -0.2) is 9.37 Å². The molecular weight excluding hydrogens is 401 g/mol. The smallest absolute Gasteiger partial charge is 0.226 e. The second-order valence-corrected chi connectivity index (χ2v) is 6.93. The number of benzene rings is 2. The highest BCUT2D eigenvalue weighted by Crippen LogP contribution is 2.44. The first-order valence-corrected chi connectivity index (χ1v) is 9.08. The van der Waals surface area contributed by atoms with Gasteiger partial charge in [0.15, 0.2) is 11.5 Å². The lowest BCUT2D eigenvalue weighted by Crippen LogP contribution is -2.25. The number of imidazole rings is 1. The van der Waals surface area contributed by atoms with Crippen molar-refractivity contribution in [3.8, 4) is 22.9 Å². The monoisotopic (exact) mass is 417 g/mol. The van der Waals surface area contributed by atoms with E-state index in [2.05, 4.69) is 10.3 Å². The number of halogens is 2. The molecule has 0 unspecified atom stereocenters. The van der Waals surface area contributed by atoms with Crippen molar-refractivity contribution in [3.63, 3.8) is 0 Å². The number of aromatic hydroxyl groups is 1. The normalized spacial score (nSPS) is 15.6. The fraction of sp³-hybridized carbons (Fsp3) is 0.200. The van der Waals surface area contributed by atoms with Gasteiger partial charge in [-0.1, -0.05) is 11.6 Å². The van der Waals surface area contributed by atoms with Crippen LogP contribution in [0.25, 0.3) is 5.69 Å². The quantitative estimate of drug-likeness (QED) is 0.673. The van der Waals surface area contributed by atoms with E-state index in [0.29, 0.717) is 22.8 Å². The van der Waals surface area contributed by atoms with Crippen molar-refractivity contribution in [1.82, 2.24) is 9.55 Å². The van der Waals surface area contributed by atoms with E-state index in [9.17, 15) is 14.3 Å². The minimum atomic E-state index is -0.533. The molecule has 1 atom stereocenters. The molecule has 0 bridgehead atoms. The number of nitrogens with one attached hydrogen (secondary N) is 1. The molecule has 2 aromatic carbocycles. The van der Waals surface area contributed by atoms with Gasteiger partial charge in [0.05, 0.1) is 30.6 Å². The molecule has 4 rings (SSSR count). The zero-order valence-corrected chi connectivity index (χ0v) is 16.3. The topological polar surface area (TPSA) is 85.6 Å². The molecule has 0 radical (unpaired) electrons. The predicted octanol–water partition coefficient (Wildman–Crippen LogP) is 3.86. The second kappa shape index (κ2) is 7.29. The number of hydrogen-bond donors (Lipinski definition) is 2. The number of nitrogens with zero attached hydrogens (tertiary/aromatic N) is 2. The zero-order chi connectivity index (χ0) is 20.7. The van der Waals surface area contributed by atoms with Crippen LogP contribution in [0.1, 0.15) is 23.6 Å². The Kier molecular flexibility index (Phi) is 4.79. The molecule has 0 fully saturated rings. The van der Waals surface area contributed by atoms with Crippen LogP contribution in [0.2, 0.25) is 5.02 Å². The van der Waals surface area contributed by atoms with Crippen LogP contribution in [0.3, 0.4) is 0 Å². The van der Waals surface area contributed by atoms with Crippen molar-refractivity contribution in [2.75, 3.05) is 19.5 Å². The lowest BCUT2D eigenvalue weighted by atomic mass is 9.89. The number of fused-ring (bicyclic) bond motifs is 1. The van der Waals surface area contributed by atoms with E-state index in [4.69, 9.17) is 21.1 Å². The lowest BCUT2D eigenvalue weighted by Gasteiger charge is -2.24. The highest BCUT2D eigenvalue weighted by atomic mass is 35.5. The number of methoxy groups -OCH3 is 2.